The molecule has 0 aliphatic carbocycles. The Kier molecular flexibility index (Phi) is 11.9. The number of ether oxygens (including phenoxy) is 2. The zero-order chi connectivity index (χ0) is 41.1. The minimum Gasteiger partial charge on any atom is -0.453 e. The molecule has 3 aliphatic rings. The molecule has 7 rings (SSSR count). The molecule has 304 valence electrons. The lowest BCUT2D eigenvalue weighted by Crippen LogP contribution is -2.53. The van der Waals surface area contributed by atoms with E-state index in [9.17, 15) is 19.2 Å². The van der Waals surface area contributed by atoms with Gasteiger partial charge in [0, 0.05) is 36.8 Å². The van der Waals surface area contributed by atoms with Crippen molar-refractivity contribution in [2.45, 2.75) is 84.0 Å². The first-order chi connectivity index (χ1) is 27.9. The Morgan fingerprint density at radius 1 is 0.759 bits per heavy atom. The second-order valence-corrected chi connectivity index (χ2v) is 15.9. The summed E-state index contributed by atoms with van der Waals surface area (Å²) in [6, 6.07) is 17.0. The van der Waals surface area contributed by atoms with Crippen LogP contribution in [-0.4, -0.2) is 99.9 Å². The Bertz CT molecular complexity index is 2250. The van der Waals surface area contributed by atoms with E-state index in [1.807, 2.05) is 50.9 Å². The number of rotatable bonds is 11. The molecule has 0 radical (unpaired) electrons. The summed E-state index contributed by atoms with van der Waals surface area (Å²) in [5, 5.41) is 6.41. The van der Waals surface area contributed by atoms with Gasteiger partial charge in [-0.05, 0) is 78.0 Å². The van der Waals surface area contributed by atoms with Crippen molar-refractivity contribution in [3.8, 4) is 22.5 Å². The second kappa shape index (κ2) is 17.2. The Morgan fingerprint density at radius 2 is 1.34 bits per heavy atom. The van der Waals surface area contributed by atoms with Crippen molar-refractivity contribution in [3.05, 3.63) is 78.4 Å². The molecule has 2 aromatic carbocycles. The highest BCUT2D eigenvalue weighted by atomic mass is 16.5. The molecule has 0 unspecified atom stereocenters. The van der Waals surface area contributed by atoms with E-state index in [-0.39, 0.29) is 35.7 Å². The smallest absolute Gasteiger partial charge is 0.407 e. The molecular formula is C44H52N8O6. The number of imidazole rings is 1. The minimum atomic E-state index is -0.698. The monoisotopic (exact) mass is 788 g/mol. The number of aromatic amines is 1. The lowest BCUT2D eigenvalue weighted by Gasteiger charge is -2.31. The van der Waals surface area contributed by atoms with Gasteiger partial charge in [0.05, 0.1) is 49.4 Å². The van der Waals surface area contributed by atoms with Crippen molar-refractivity contribution in [1.29, 1.82) is 0 Å². The molecule has 5 heterocycles. The number of benzene rings is 2. The summed E-state index contributed by atoms with van der Waals surface area (Å²) in [6.07, 6.45) is 6.43. The zero-order valence-corrected chi connectivity index (χ0v) is 34.0. The van der Waals surface area contributed by atoms with Crippen LogP contribution in [0.4, 0.5) is 9.59 Å². The van der Waals surface area contributed by atoms with E-state index in [0.29, 0.717) is 25.3 Å². The SMILES string of the molecule is COC(=O)N[C@H](C(=O)N1CCC[C@H]1C1=NC=C(c2ccc(-c3ccc4nc(-c5cnc([C@@H]6CCCN6C(=O)[C@@H](NC(=O)OC)C(C)C)[nH]5)ccc4c3)cc2)C1)C(C)C. The van der Waals surface area contributed by atoms with Crippen molar-refractivity contribution >= 4 is 46.2 Å². The number of carbonyl (C=O) groups is 4. The number of alkyl carbamates (subject to hydrolysis) is 2. The lowest BCUT2D eigenvalue weighted by molar-refractivity contribution is -0.135. The highest BCUT2D eigenvalue weighted by Crippen LogP contribution is 2.35. The normalized spacial score (nSPS) is 19.0. The third-order valence-electron chi connectivity index (χ3n) is 11.5. The number of hydrogen-bond acceptors (Lipinski definition) is 9. The van der Waals surface area contributed by atoms with Crippen LogP contribution in [0.15, 0.2) is 72.0 Å². The van der Waals surface area contributed by atoms with Crippen LogP contribution in [0.1, 0.15) is 77.2 Å². The number of carbonyl (C=O) groups excluding carboxylic acids is 4. The average Bonchev–Trinajstić information content (AvgIpc) is 4.07. The highest BCUT2D eigenvalue weighted by Gasteiger charge is 2.39. The summed E-state index contributed by atoms with van der Waals surface area (Å²) in [4.78, 5) is 72.6. The number of allylic oxidation sites excluding steroid dienone is 1. The van der Waals surface area contributed by atoms with Crippen LogP contribution in [0.5, 0.6) is 0 Å². The van der Waals surface area contributed by atoms with Crippen LogP contribution < -0.4 is 10.6 Å². The van der Waals surface area contributed by atoms with E-state index in [1.165, 1.54) is 14.2 Å². The Morgan fingerprint density at radius 3 is 1.97 bits per heavy atom. The Hall–Kier alpha value is -6.05. The van der Waals surface area contributed by atoms with Gasteiger partial charge in [-0.2, -0.15) is 0 Å². The maximum atomic E-state index is 13.6. The number of aliphatic imine (C=N–C) groups is 1. The van der Waals surface area contributed by atoms with E-state index in [2.05, 4.69) is 63.1 Å². The summed E-state index contributed by atoms with van der Waals surface area (Å²) in [7, 11) is 2.59. The lowest BCUT2D eigenvalue weighted by atomic mass is 9.95. The molecule has 4 amide bonds. The van der Waals surface area contributed by atoms with Crippen LogP contribution in [-0.2, 0) is 19.1 Å². The standard InChI is InChI=1S/C44H52N8O6/c1-25(2)38(49-43(55)57-5)41(53)51-19-7-9-36(51)34-22-31(23-45-34)28-13-11-27(12-14-28)29-15-17-32-30(21-29)16-18-33(47-32)35-24-46-40(48-35)37-10-8-20-52(37)42(54)39(26(3)4)50-44(56)58-6/h11-18,21,23-26,36-39H,7-10,19-20,22H2,1-6H3,(H,46,48)(H,49,55)(H,50,56)/t36-,37-,38-,39-/m0/s1. The third kappa shape index (κ3) is 8.32. The van der Waals surface area contributed by atoms with Gasteiger partial charge in [-0.15, -0.1) is 0 Å². The van der Waals surface area contributed by atoms with E-state index >= 15 is 0 Å². The molecule has 14 heteroatoms. The number of nitrogens with one attached hydrogen (secondary N) is 3. The van der Waals surface area contributed by atoms with E-state index in [4.69, 9.17) is 19.5 Å². The number of H-pyrrole nitrogens is 1. The summed E-state index contributed by atoms with van der Waals surface area (Å²) in [5.74, 6) is 0.241. The maximum absolute atomic E-state index is 13.6. The van der Waals surface area contributed by atoms with Gasteiger partial charge in [-0.25, -0.2) is 19.6 Å². The number of hydrogen-bond donors (Lipinski definition) is 3. The molecule has 0 spiro atoms. The third-order valence-corrected chi connectivity index (χ3v) is 11.5. The molecule has 58 heavy (non-hydrogen) atoms. The molecule has 2 saturated heterocycles. The maximum Gasteiger partial charge on any atom is 0.407 e. The quantitative estimate of drug-likeness (QED) is 0.147. The summed E-state index contributed by atoms with van der Waals surface area (Å²) < 4.78 is 9.53. The molecule has 2 aromatic heterocycles. The largest absolute Gasteiger partial charge is 0.453 e. The van der Waals surface area contributed by atoms with Crippen LogP contribution in [0.2, 0.25) is 0 Å². The number of likely N-dealkylation sites (tertiary alicyclic amines) is 2. The van der Waals surface area contributed by atoms with Gasteiger partial charge >= 0.3 is 12.2 Å². The molecule has 2 fully saturated rings. The van der Waals surface area contributed by atoms with Crippen LogP contribution in [0.3, 0.4) is 0 Å². The zero-order valence-electron chi connectivity index (χ0n) is 34.0. The number of methoxy groups -OCH3 is 2. The molecular weight excluding hydrogens is 737 g/mol. The number of nitrogens with zero attached hydrogens (tertiary/aromatic N) is 5. The van der Waals surface area contributed by atoms with Crippen molar-refractivity contribution < 1.29 is 28.7 Å². The number of fused-ring (bicyclic) bond motifs is 1. The predicted molar refractivity (Wildman–Crippen MR) is 222 cm³/mol. The van der Waals surface area contributed by atoms with Crippen molar-refractivity contribution in [2.24, 2.45) is 16.8 Å². The van der Waals surface area contributed by atoms with Gasteiger partial charge in [-0.3, -0.25) is 14.6 Å². The van der Waals surface area contributed by atoms with Crippen molar-refractivity contribution in [2.75, 3.05) is 27.3 Å². The van der Waals surface area contributed by atoms with Gasteiger partial charge in [-0.1, -0.05) is 64.1 Å². The van der Waals surface area contributed by atoms with Gasteiger partial charge in [0.25, 0.3) is 0 Å². The summed E-state index contributed by atoms with van der Waals surface area (Å²) in [5.41, 5.74) is 7.67. The highest BCUT2D eigenvalue weighted by molar-refractivity contribution is 6.04. The number of amides is 4. The summed E-state index contributed by atoms with van der Waals surface area (Å²) >= 11 is 0. The van der Waals surface area contributed by atoms with E-state index in [1.54, 1.807) is 11.1 Å². The van der Waals surface area contributed by atoms with Crippen LogP contribution >= 0.6 is 0 Å². The van der Waals surface area contributed by atoms with Gasteiger partial charge in [0.2, 0.25) is 11.8 Å². The summed E-state index contributed by atoms with van der Waals surface area (Å²) in [6.45, 7) is 8.84. The minimum absolute atomic E-state index is 0.0871. The van der Waals surface area contributed by atoms with E-state index < -0.39 is 24.3 Å². The van der Waals surface area contributed by atoms with Gasteiger partial charge < -0.3 is 34.9 Å². The fourth-order valence-corrected chi connectivity index (χ4v) is 8.24. The fraction of sp³-hybridized carbons (Fsp3) is 0.432. The topological polar surface area (TPSA) is 171 Å². The van der Waals surface area contributed by atoms with Crippen molar-refractivity contribution in [3.63, 3.8) is 0 Å². The average molecular weight is 789 g/mol. The molecule has 3 N–H and O–H groups in total. The first-order valence-electron chi connectivity index (χ1n) is 20.1. The van der Waals surface area contributed by atoms with Gasteiger partial charge in [0.15, 0.2) is 0 Å². The van der Waals surface area contributed by atoms with E-state index in [0.717, 1.165) is 75.9 Å². The van der Waals surface area contributed by atoms with Gasteiger partial charge in [0.1, 0.15) is 17.9 Å². The fourth-order valence-electron chi connectivity index (χ4n) is 8.24. The number of pyridine rings is 1. The predicted octanol–water partition coefficient (Wildman–Crippen LogP) is 6.89. The Labute approximate surface area is 338 Å². The molecule has 0 bridgehead atoms. The van der Waals surface area contributed by atoms with Crippen LogP contribution in [0.25, 0.3) is 39.0 Å². The second-order valence-electron chi connectivity index (χ2n) is 15.9. The van der Waals surface area contributed by atoms with Crippen LogP contribution in [0, 0.1) is 11.8 Å². The van der Waals surface area contributed by atoms with Crippen molar-refractivity contribution in [1.82, 2.24) is 35.4 Å². The molecule has 14 nitrogen and oxygen atoms in total. The molecule has 3 aliphatic heterocycles. The molecule has 4 atom stereocenters. The Balaban J connectivity index is 0.995. The number of aromatic nitrogens is 3. The molecule has 0 saturated carbocycles. The first-order valence-corrected chi connectivity index (χ1v) is 20.1. The molecule has 4 aromatic rings. The first kappa shape index (κ1) is 40.2.